The molecule has 0 atom stereocenters. The van der Waals surface area contributed by atoms with Gasteiger partial charge in [0.25, 0.3) is 5.22 Å². The van der Waals surface area contributed by atoms with Crippen molar-refractivity contribution in [3.05, 3.63) is 52.7 Å². The normalized spacial score (nSPS) is 10.6. The maximum Gasteiger partial charge on any atom is 0.277 e. The van der Waals surface area contributed by atoms with E-state index < -0.39 is 0 Å². The van der Waals surface area contributed by atoms with E-state index in [-0.39, 0.29) is 5.78 Å². The summed E-state index contributed by atoms with van der Waals surface area (Å²) in [5.41, 5.74) is 0.872. The molecule has 20 heavy (non-hydrogen) atoms. The van der Waals surface area contributed by atoms with E-state index in [0.29, 0.717) is 16.9 Å². The minimum Gasteiger partial charge on any atom is -0.411 e. The van der Waals surface area contributed by atoms with Crippen LogP contribution in [0.4, 0.5) is 0 Å². The van der Waals surface area contributed by atoms with Gasteiger partial charge in [-0.1, -0.05) is 36.0 Å². The highest BCUT2D eigenvalue weighted by Gasteiger charge is 2.12. The van der Waals surface area contributed by atoms with Gasteiger partial charge in [-0.25, -0.2) is 0 Å². The van der Waals surface area contributed by atoms with Crippen LogP contribution in [0.15, 0.2) is 57.5 Å². The molecule has 3 aromatic rings. The smallest absolute Gasteiger partial charge is 0.277 e. The van der Waals surface area contributed by atoms with Crippen LogP contribution in [0.1, 0.15) is 9.67 Å². The van der Waals surface area contributed by atoms with Gasteiger partial charge in [-0.3, -0.25) is 4.79 Å². The van der Waals surface area contributed by atoms with Crippen LogP contribution < -0.4 is 0 Å². The van der Waals surface area contributed by atoms with Crippen molar-refractivity contribution in [2.24, 2.45) is 0 Å². The lowest BCUT2D eigenvalue weighted by Gasteiger charge is -1.94. The summed E-state index contributed by atoms with van der Waals surface area (Å²) < 4.78 is 5.53. The Kier molecular flexibility index (Phi) is 3.94. The average Bonchev–Trinajstić information content (AvgIpc) is 3.17. The van der Waals surface area contributed by atoms with Gasteiger partial charge in [-0.15, -0.1) is 21.5 Å². The van der Waals surface area contributed by atoms with Gasteiger partial charge in [0.05, 0.1) is 10.6 Å². The minimum absolute atomic E-state index is 0.0736. The first-order chi connectivity index (χ1) is 9.83. The van der Waals surface area contributed by atoms with E-state index in [1.165, 1.54) is 23.1 Å². The van der Waals surface area contributed by atoms with E-state index >= 15 is 0 Å². The fourth-order valence-electron chi connectivity index (χ4n) is 1.60. The van der Waals surface area contributed by atoms with Gasteiger partial charge in [0, 0.05) is 5.56 Å². The number of hydrogen-bond donors (Lipinski definition) is 0. The molecule has 3 rings (SSSR count). The number of hydrogen-bond acceptors (Lipinski definition) is 6. The van der Waals surface area contributed by atoms with E-state index in [0.717, 1.165) is 10.4 Å². The van der Waals surface area contributed by atoms with Crippen molar-refractivity contribution in [2.45, 2.75) is 5.22 Å². The molecule has 0 N–H and O–H groups in total. The van der Waals surface area contributed by atoms with Gasteiger partial charge >= 0.3 is 0 Å². The van der Waals surface area contributed by atoms with Crippen molar-refractivity contribution in [2.75, 3.05) is 5.75 Å². The first kappa shape index (κ1) is 13.1. The highest BCUT2D eigenvalue weighted by Crippen LogP contribution is 2.24. The highest BCUT2D eigenvalue weighted by atomic mass is 32.2. The number of ketones is 1. The third-order valence-corrected chi connectivity index (χ3v) is 4.28. The zero-order valence-corrected chi connectivity index (χ0v) is 12.0. The molecule has 0 aliphatic heterocycles. The molecule has 100 valence electrons. The second-order valence-corrected chi connectivity index (χ2v) is 5.80. The summed E-state index contributed by atoms with van der Waals surface area (Å²) in [6.45, 7) is 0. The van der Waals surface area contributed by atoms with Crippen LogP contribution in [0.3, 0.4) is 0 Å². The third-order valence-electron chi connectivity index (χ3n) is 2.55. The minimum atomic E-state index is 0.0736. The maximum atomic E-state index is 11.9. The zero-order valence-electron chi connectivity index (χ0n) is 10.4. The summed E-state index contributed by atoms with van der Waals surface area (Å²) in [6, 6.07) is 13.2. The van der Waals surface area contributed by atoms with E-state index in [4.69, 9.17) is 4.42 Å². The van der Waals surface area contributed by atoms with Gasteiger partial charge in [0.15, 0.2) is 5.78 Å². The van der Waals surface area contributed by atoms with Crippen molar-refractivity contribution in [3.8, 4) is 11.5 Å². The third kappa shape index (κ3) is 2.97. The topological polar surface area (TPSA) is 56.0 Å². The van der Waals surface area contributed by atoms with Crippen LogP contribution in [-0.4, -0.2) is 21.7 Å². The Bertz CT molecular complexity index is 693. The van der Waals surface area contributed by atoms with Crippen LogP contribution in [0.2, 0.25) is 0 Å². The highest BCUT2D eigenvalue weighted by molar-refractivity contribution is 7.99. The molecule has 0 aliphatic rings. The lowest BCUT2D eigenvalue weighted by molar-refractivity contribution is 0.102. The van der Waals surface area contributed by atoms with Crippen molar-refractivity contribution >= 4 is 28.9 Å². The zero-order chi connectivity index (χ0) is 13.8. The predicted octanol–water partition coefficient (Wildman–Crippen LogP) is 3.77. The Morgan fingerprint density at radius 3 is 2.75 bits per heavy atom. The molecule has 0 fully saturated rings. The molecule has 0 radical (unpaired) electrons. The maximum absolute atomic E-state index is 11.9. The Hall–Kier alpha value is -1.92. The summed E-state index contributed by atoms with van der Waals surface area (Å²) in [5, 5.41) is 10.2. The number of carbonyl (C=O) groups is 1. The van der Waals surface area contributed by atoms with Crippen LogP contribution in [0, 0.1) is 0 Å². The van der Waals surface area contributed by atoms with E-state index in [1.807, 2.05) is 47.8 Å². The van der Waals surface area contributed by atoms with Crippen molar-refractivity contribution in [1.82, 2.24) is 10.2 Å². The van der Waals surface area contributed by atoms with E-state index in [2.05, 4.69) is 10.2 Å². The summed E-state index contributed by atoms with van der Waals surface area (Å²) in [7, 11) is 0. The average molecular weight is 302 g/mol. The molecule has 0 spiro atoms. The number of aromatic nitrogens is 2. The molecule has 4 nitrogen and oxygen atoms in total. The fraction of sp³-hybridized carbons (Fsp3) is 0.0714. The molecule has 0 amide bonds. The van der Waals surface area contributed by atoms with Gasteiger partial charge < -0.3 is 4.42 Å². The number of thioether (sulfide) groups is 1. The molecular weight excluding hydrogens is 292 g/mol. The number of rotatable bonds is 5. The molecule has 2 heterocycles. The van der Waals surface area contributed by atoms with Gasteiger partial charge in [0.2, 0.25) is 5.89 Å². The summed E-state index contributed by atoms with van der Waals surface area (Å²) >= 11 is 2.70. The Balaban J connectivity index is 1.65. The van der Waals surface area contributed by atoms with Gasteiger partial charge in [-0.05, 0) is 23.6 Å². The number of Topliss-reactive ketones (excluding diaryl/α,β-unsaturated/α-hetero) is 1. The lowest BCUT2D eigenvalue weighted by atomic mass is 10.2. The number of thiophene rings is 1. The van der Waals surface area contributed by atoms with Crippen LogP contribution in [0.25, 0.3) is 11.5 Å². The molecule has 6 heteroatoms. The van der Waals surface area contributed by atoms with Gasteiger partial charge in [0.1, 0.15) is 0 Å². The second-order valence-electron chi connectivity index (χ2n) is 3.93. The first-order valence-corrected chi connectivity index (χ1v) is 7.78. The monoisotopic (exact) mass is 302 g/mol. The van der Waals surface area contributed by atoms with Crippen LogP contribution in [0.5, 0.6) is 0 Å². The van der Waals surface area contributed by atoms with E-state index in [9.17, 15) is 4.79 Å². The molecule has 1 aromatic carbocycles. The fourth-order valence-corrected chi connectivity index (χ4v) is 3.00. The van der Waals surface area contributed by atoms with Crippen molar-refractivity contribution < 1.29 is 9.21 Å². The quantitative estimate of drug-likeness (QED) is 0.530. The summed E-state index contributed by atoms with van der Waals surface area (Å²) in [6.07, 6.45) is 0. The standard InChI is InChI=1S/C14H10N2O2S2/c17-11(12-7-4-8-19-12)9-20-14-16-15-13(18-14)10-5-2-1-3-6-10/h1-8H,9H2. The Morgan fingerprint density at radius 2 is 2.00 bits per heavy atom. The molecule has 2 aromatic heterocycles. The molecular formula is C14H10N2O2S2. The van der Waals surface area contributed by atoms with Crippen LogP contribution in [-0.2, 0) is 0 Å². The second kappa shape index (κ2) is 6.02. The molecule has 0 bridgehead atoms. The van der Waals surface area contributed by atoms with Gasteiger partial charge in [-0.2, -0.15) is 0 Å². The molecule has 0 aliphatic carbocycles. The Morgan fingerprint density at radius 1 is 1.15 bits per heavy atom. The predicted molar refractivity (Wildman–Crippen MR) is 79.1 cm³/mol. The number of nitrogens with zero attached hydrogens (tertiary/aromatic N) is 2. The van der Waals surface area contributed by atoms with Crippen molar-refractivity contribution in [1.29, 1.82) is 0 Å². The molecule has 0 saturated heterocycles. The summed E-state index contributed by atoms with van der Waals surface area (Å²) in [5.74, 6) is 0.845. The Labute approximate surface area is 123 Å². The first-order valence-electron chi connectivity index (χ1n) is 5.91. The van der Waals surface area contributed by atoms with Crippen LogP contribution >= 0.6 is 23.1 Å². The lowest BCUT2D eigenvalue weighted by Crippen LogP contribution is -1.98. The molecule has 0 saturated carbocycles. The van der Waals surface area contributed by atoms with E-state index in [1.54, 1.807) is 0 Å². The SMILES string of the molecule is O=C(CSc1nnc(-c2ccccc2)o1)c1cccs1. The largest absolute Gasteiger partial charge is 0.411 e. The molecule has 0 unspecified atom stereocenters. The van der Waals surface area contributed by atoms with Crippen molar-refractivity contribution in [3.63, 3.8) is 0 Å². The number of benzene rings is 1. The number of carbonyl (C=O) groups excluding carboxylic acids is 1. The summed E-state index contributed by atoms with van der Waals surface area (Å²) in [4.78, 5) is 12.6.